The highest BCUT2D eigenvalue weighted by molar-refractivity contribution is 5.91. The molecule has 1 aromatic carbocycles. The number of anilines is 1. The van der Waals surface area contributed by atoms with Gasteiger partial charge in [0.25, 0.3) is 0 Å². The van der Waals surface area contributed by atoms with E-state index < -0.39 is 5.54 Å². The average molecular weight is 344 g/mol. The fraction of sp³-hybridized carbons (Fsp3) is 0.350. The van der Waals surface area contributed by atoms with Crippen molar-refractivity contribution in [1.82, 2.24) is 20.3 Å². The van der Waals surface area contributed by atoms with E-state index in [1.807, 2.05) is 19.1 Å². The van der Waals surface area contributed by atoms with Gasteiger partial charge in [0.05, 0.1) is 17.3 Å². The number of para-hydroxylation sites is 1. The van der Waals surface area contributed by atoms with Crippen molar-refractivity contribution in [3.63, 3.8) is 0 Å². The number of nitriles is 1. The van der Waals surface area contributed by atoms with Crippen LogP contribution in [0.2, 0.25) is 0 Å². The maximum absolute atomic E-state index is 9.38. The first-order valence-corrected chi connectivity index (χ1v) is 9.06. The summed E-state index contributed by atoms with van der Waals surface area (Å²) in [5, 5.41) is 16.1. The fourth-order valence-corrected chi connectivity index (χ4v) is 3.62. The third kappa shape index (κ3) is 2.44. The van der Waals surface area contributed by atoms with Gasteiger partial charge in [0, 0.05) is 36.5 Å². The van der Waals surface area contributed by atoms with E-state index in [2.05, 4.69) is 33.8 Å². The second-order valence-corrected chi connectivity index (χ2v) is 7.26. The molecule has 0 bridgehead atoms. The predicted octanol–water partition coefficient (Wildman–Crippen LogP) is 3.05. The number of hydrogen-bond acceptors (Lipinski definition) is 5. The number of nitrogens with one attached hydrogen (secondary N) is 3. The van der Waals surface area contributed by atoms with E-state index in [1.165, 1.54) is 11.3 Å². The van der Waals surface area contributed by atoms with Crippen molar-refractivity contribution >= 4 is 16.9 Å². The zero-order valence-electron chi connectivity index (χ0n) is 14.7. The highest BCUT2D eigenvalue weighted by atomic mass is 15.1. The summed E-state index contributed by atoms with van der Waals surface area (Å²) >= 11 is 0. The van der Waals surface area contributed by atoms with Crippen molar-refractivity contribution in [2.24, 2.45) is 0 Å². The minimum Gasteiger partial charge on any atom is -0.358 e. The molecule has 3 aromatic rings. The van der Waals surface area contributed by atoms with Crippen LogP contribution in [0.4, 0.5) is 5.82 Å². The maximum Gasteiger partial charge on any atom is 0.149 e. The largest absolute Gasteiger partial charge is 0.358 e. The van der Waals surface area contributed by atoms with E-state index in [0.717, 1.165) is 60.3 Å². The molecule has 6 heteroatoms. The molecule has 0 spiro atoms. The second-order valence-electron chi connectivity index (χ2n) is 7.26. The van der Waals surface area contributed by atoms with E-state index in [0.29, 0.717) is 5.82 Å². The summed E-state index contributed by atoms with van der Waals surface area (Å²) in [6.45, 7) is 3.85. The van der Waals surface area contributed by atoms with Crippen LogP contribution in [-0.4, -0.2) is 27.0 Å². The lowest BCUT2D eigenvalue weighted by atomic mass is 10.1. The lowest BCUT2D eigenvalue weighted by Crippen LogP contribution is -2.22. The Morgan fingerprint density at radius 1 is 1.27 bits per heavy atom. The van der Waals surface area contributed by atoms with Gasteiger partial charge in [-0.25, -0.2) is 9.97 Å². The number of nitrogens with zero attached hydrogens (tertiary/aromatic N) is 3. The van der Waals surface area contributed by atoms with Crippen LogP contribution in [0.1, 0.15) is 29.8 Å². The molecular formula is C20H20N6. The molecule has 1 aliphatic carbocycles. The Bertz CT molecular complexity index is 1030. The molecule has 0 radical (unpaired) electrons. The van der Waals surface area contributed by atoms with Gasteiger partial charge in [-0.3, -0.25) is 0 Å². The van der Waals surface area contributed by atoms with E-state index >= 15 is 0 Å². The number of aryl methyl sites for hydroxylation is 1. The number of benzene rings is 1. The van der Waals surface area contributed by atoms with Gasteiger partial charge in [-0.1, -0.05) is 12.1 Å². The zero-order chi connectivity index (χ0) is 17.7. The van der Waals surface area contributed by atoms with Crippen molar-refractivity contribution in [2.75, 3.05) is 11.9 Å². The number of rotatable bonds is 3. The lowest BCUT2D eigenvalue weighted by molar-refractivity contribution is 0.638. The number of hydrogen-bond donors (Lipinski definition) is 3. The maximum atomic E-state index is 9.38. The molecule has 0 atom stereocenters. The molecular weight excluding hydrogens is 324 g/mol. The van der Waals surface area contributed by atoms with Gasteiger partial charge in [0.15, 0.2) is 0 Å². The first-order valence-electron chi connectivity index (χ1n) is 9.06. The molecule has 6 nitrogen and oxygen atoms in total. The highest BCUT2D eigenvalue weighted by Gasteiger charge is 2.44. The fourth-order valence-electron chi connectivity index (χ4n) is 3.62. The van der Waals surface area contributed by atoms with Crippen LogP contribution < -0.4 is 10.6 Å². The predicted molar refractivity (Wildman–Crippen MR) is 101 cm³/mol. The summed E-state index contributed by atoms with van der Waals surface area (Å²) in [5.74, 6) is 0.710. The van der Waals surface area contributed by atoms with Gasteiger partial charge in [0.1, 0.15) is 16.9 Å². The molecule has 5 rings (SSSR count). The summed E-state index contributed by atoms with van der Waals surface area (Å²) < 4.78 is 0. The average Bonchev–Trinajstić information content (AvgIpc) is 3.30. The van der Waals surface area contributed by atoms with Crippen LogP contribution in [0.3, 0.4) is 0 Å². The summed E-state index contributed by atoms with van der Waals surface area (Å²) in [5.41, 5.74) is 6.85. The molecule has 0 amide bonds. The Hall–Kier alpha value is -2.91. The van der Waals surface area contributed by atoms with Gasteiger partial charge < -0.3 is 15.6 Å². The van der Waals surface area contributed by atoms with Gasteiger partial charge in [-0.2, -0.15) is 5.26 Å². The quantitative estimate of drug-likeness (QED) is 0.679. The smallest absolute Gasteiger partial charge is 0.149 e. The molecule has 1 fully saturated rings. The van der Waals surface area contributed by atoms with Crippen molar-refractivity contribution in [3.05, 3.63) is 41.2 Å². The standard InChI is InChI=1S/C20H20N6/c1-12-19(26-20(11-21)6-7-20)25-18-14(3-2-4-16(18)23-12)17-9-13-10-22-8-5-15(13)24-17/h2-4,9,22,24H,5-8,10H2,1H3,(H,25,26). The SMILES string of the molecule is Cc1nc2cccc(-c3cc4c([nH]3)CCNC4)c2nc1NC1(C#N)CC1. The Labute approximate surface area is 151 Å². The Morgan fingerprint density at radius 2 is 2.15 bits per heavy atom. The van der Waals surface area contributed by atoms with Crippen LogP contribution in [0, 0.1) is 18.3 Å². The van der Waals surface area contributed by atoms with E-state index in [-0.39, 0.29) is 0 Å². The third-order valence-corrected chi connectivity index (χ3v) is 5.34. The molecule has 2 aromatic heterocycles. The van der Waals surface area contributed by atoms with Crippen LogP contribution in [0.15, 0.2) is 24.3 Å². The normalized spacial score (nSPS) is 17.5. The zero-order valence-corrected chi connectivity index (χ0v) is 14.7. The molecule has 3 heterocycles. The number of aromatic amines is 1. The van der Waals surface area contributed by atoms with Crippen molar-refractivity contribution in [3.8, 4) is 17.3 Å². The molecule has 1 aliphatic heterocycles. The molecule has 130 valence electrons. The summed E-state index contributed by atoms with van der Waals surface area (Å²) in [7, 11) is 0. The van der Waals surface area contributed by atoms with Gasteiger partial charge in [-0.15, -0.1) is 0 Å². The van der Waals surface area contributed by atoms with Crippen molar-refractivity contribution < 1.29 is 0 Å². The molecule has 26 heavy (non-hydrogen) atoms. The third-order valence-electron chi connectivity index (χ3n) is 5.34. The Kier molecular flexibility index (Phi) is 3.28. The Balaban J connectivity index is 1.63. The van der Waals surface area contributed by atoms with Crippen LogP contribution in [0.5, 0.6) is 0 Å². The van der Waals surface area contributed by atoms with Crippen LogP contribution in [0.25, 0.3) is 22.3 Å². The first kappa shape index (κ1) is 15.4. The molecule has 1 saturated carbocycles. The monoisotopic (exact) mass is 344 g/mol. The van der Waals surface area contributed by atoms with E-state index in [1.54, 1.807) is 0 Å². The van der Waals surface area contributed by atoms with Gasteiger partial charge in [-0.05, 0) is 37.5 Å². The van der Waals surface area contributed by atoms with Gasteiger partial charge in [0.2, 0.25) is 0 Å². The number of H-pyrrole nitrogens is 1. The van der Waals surface area contributed by atoms with Crippen LogP contribution in [-0.2, 0) is 13.0 Å². The second kappa shape index (κ2) is 5.55. The molecule has 0 saturated heterocycles. The number of aromatic nitrogens is 3. The minimum atomic E-state index is -0.459. The van der Waals surface area contributed by atoms with Crippen LogP contribution >= 0.6 is 0 Å². The first-order chi connectivity index (χ1) is 12.7. The van der Waals surface area contributed by atoms with Crippen molar-refractivity contribution in [2.45, 2.75) is 38.3 Å². The Morgan fingerprint density at radius 3 is 2.92 bits per heavy atom. The minimum absolute atomic E-state index is 0.459. The lowest BCUT2D eigenvalue weighted by Gasteiger charge is -2.14. The molecule has 2 aliphatic rings. The number of fused-ring (bicyclic) bond motifs is 2. The highest BCUT2D eigenvalue weighted by Crippen LogP contribution is 2.39. The molecule has 0 unspecified atom stereocenters. The van der Waals surface area contributed by atoms with Gasteiger partial charge >= 0.3 is 0 Å². The topological polar surface area (TPSA) is 89.4 Å². The summed E-state index contributed by atoms with van der Waals surface area (Å²) in [4.78, 5) is 13.2. The van der Waals surface area contributed by atoms with E-state index in [4.69, 9.17) is 9.97 Å². The van der Waals surface area contributed by atoms with Crippen molar-refractivity contribution in [1.29, 1.82) is 5.26 Å². The summed E-state index contributed by atoms with van der Waals surface area (Å²) in [6, 6.07) is 10.7. The molecule has 3 N–H and O–H groups in total. The van der Waals surface area contributed by atoms with E-state index in [9.17, 15) is 5.26 Å². The summed E-state index contributed by atoms with van der Waals surface area (Å²) in [6.07, 6.45) is 2.74.